The molecular weight excluding hydrogens is 304 g/mol. The molecule has 0 aliphatic carbocycles. The van der Waals surface area contributed by atoms with Gasteiger partial charge in [0.1, 0.15) is 17.6 Å². The molecule has 5 heteroatoms. The Balaban J connectivity index is 1.53. The van der Waals surface area contributed by atoms with E-state index >= 15 is 0 Å². The lowest BCUT2D eigenvalue weighted by molar-refractivity contribution is 0.146. The molecule has 1 aromatic heterocycles. The average Bonchev–Trinajstić information content (AvgIpc) is 3.04. The molecule has 1 unspecified atom stereocenters. The molecule has 0 aliphatic heterocycles. The van der Waals surface area contributed by atoms with Gasteiger partial charge in [-0.05, 0) is 35.4 Å². The number of urea groups is 1. The Morgan fingerprint density at radius 2 is 1.88 bits per heavy atom. The van der Waals surface area contributed by atoms with Gasteiger partial charge in [-0.1, -0.05) is 42.5 Å². The first-order valence-corrected chi connectivity index (χ1v) is 7.86. The van der Waals surface area contributed by atoms with E-state index in [-0.39, 0.29) is 12.6 Å². The van der Waals surface area contributed by atoms with Crippen molar-refractivity contribution in [1.29, 1.82) is 0 Å². The molecule has 2 amide bonds. The van der Waals surface area contributed by atoms with Crippen LogP contribution in [0.25, 0.3) is 10.8 Å². The van der Waals surface area contributed by atoms with Crippen LogP contribution in [-0.4, -0.2) is 17.7 Å². The van der Waals surface area contributed by atoms with Gasteiger partial charge in [-0.15, -0.1) is 0 Å². The Kier molecular flexibility index (Phi) is 4.82. The molecule has 124 valence electrons. The Labute approximate surface area is 140 Å². The van der Waals surface area contributed by atoms with Gasteiger partial charge >= 0.3 is 6.03 Å². The molecule has 1 heterocycles. The summed E-state index contributed by atoms with van der Waals surface area (Å²) in [6, 6.07) is 17.2. The monoisotopic (exact) mass is 324 g/mol. The number of aliphatic hydroxyl groups is 1. The summed E-state index contributed by atoms with van der Waals surface area (Å²) in [6.07, 6.45) is -0.859. The Hall–Kier alpha value is -2.79. The van der Waals surface area contributed by atoms with Crippen LogP contribution in [-0.2, 0) is 6.54 Å². The van der Waals surface area contributed by atoms with Crippen molar-refractivity contribution in [3.8, 4) is 0 Å². The first kappa shape index (κ1) is 16.1. The van der Waals surface area contributed by atoms with Gasteiger partial charge in [-0.2, -0.15) is 0 Å². The zero-order valence-corrected chi connectivity index (χ0v) is 13.5. The summed E-state index contributed by atoms with van der Waals surface area (Å²) in [5.74, 6) is 1.17. The number of hydrogen-bond acceptors (Lipinski definition) is 3. The van der Waals surface area contributed by atoms with Crippen molar-refractivity contribution in [2.75, 3.05) is 6.54 Å². The molecule has 0 saturated heterocycles. The zero-order valence-electron chi connectivity index (χ0n) is 13.5. The van der Waals surface area contributed by atoms with Crippen LogP contribution in [0.4, 0.5) is 4.79 Å². The first-order chi connectivity index (χ1) is 11.6. The van der Waals surface area contributed by atoms with E-state index in [9.17, 15) is 9.90 Å². The highest BCUT2D eigenvalue weighted by atomic mass is 16.4. The normalized spacial score (nSPS) is 12.1. The highest BCUT2D eigenvalue weighted by Gasteiger charge is 2.12. The second kappa shape index (κ2) is 7.19. The Morgan fingerprint density at radius 1 is 1.08 bits per heavy atom. The third kappa shape index (κ3) is 3.75. The van der Waals surface area contributed by atoms with Crippen LogP contribution >= 0.6 is 0 Å². The molecular formula is C19H20N2O3. The maximum Gasteiger partial charge on any atom is 0.315 e. The highest BCUT2D eigenvalue weighted by Crippen LogP contribution is 2.18. The zero-order chi connectivity index (χ0) is 16.9. The number of nitrogens with one attached hydrogen (secondary N) is 2. The van der Waals surface area contributed by atoms with Crippen molar-refractivity contribution in [2.45, 2.75) is 19.6 Å². The number of carbonyl (C=O) groups is 1. The van der Waals surface area contributed by atoms with E-state index in [1.807, 2.05) is 42.5 Å². The van der Waals surface area contributed by atoms with Gasteiger partial charge in [-0.25, -0.2) is 4.79 Å². The minimum Gasteiger partial charge on any atom is -0.464 e. The molecule has 0 fully saturated rings. The molecule has 3 aromatic rings. The number of rotatable bonds is 5. The number of aryl methyl sites for hydroxylation is 1. The van der Waals surface area contributed by atoms with Gasteiger partial charge in [0.15, 0.2) is 0 Å². The lowest BCUT2D eigenvalue weighted by Crippen LogP contribution is -2.37. The summed E-state index contributed by atoms with van der Waals surface area (Å²) < 4.78 is 5.33. The van der Waals surface area contributed by atoms with E-state index in [0.717, 1.165) is 22.1 Å². The summed E-state index contributed by atoms with van der Waals surface area (Å²) in [6.45, 7) is 2.32. The molecule has 2 aromatic carbocycles. The minimum atomic E-state index is -0.859. The predicted octanol–water partition coefficient (Wildman–Crippen LogP) is 3.27. The number of benzene rings is 2. The largest absolute Gasteiger partial charge is 0.464 e. The fourth-order valence-electron chi connectivity index (χ4n) is 2.61. The third-order valence-electron chi connectivity index (χ3n) is 3.86. The van der Waals surface area contributed by atoms with Crippen LogP contribution in [0.5, 0.6) is 0 Å². The molecule has 3 N–H and O–H groups in total. The molecule has 0 spiro atoms. The van der Waals surface area contributed by atoms with Gasteiger partial charge in [-0.3, -0.25) is 0 Å². The second-order valence-corrected chi connectivity index (χ2v) is 5.67. The molecule has 1 atom stereocenters. The van der Waals surface area contributed by atoms with Crippen LogP contribution in [0.1, 0.15) is 23.2 Å². The Bertz CT molecular complexity index is 836. The quantitative estimate of drug-likeness (QED) is 0.674. The van der Waals surface area contributed by atoms with E-state index in [2.05, 4.69) is 10.6 Å². The fourth-order valence-corrected chi connectivity index (χ4v) is 2.61. The van der Waals surface area contributed by atoms with Crippen molar-refractivity contribution in [1.82, 2.24) is 10.6 Å². The van der Waals surface area contributed by atoms with Gasteiger partial charge in [0.25, 0.3) is 0 Å². The van der Waals surface area contributed by atoms with E-state index in [1.54, 1.807) is 19.1 Å². The van der Waals surface area contributed by atoms with Crippen molar-refractivity contribution in [3.05, 3.63) is 71.7 Å². The topological polar surface area (TPSA) is 74.5 Å². The number of carbonyl (C=O) groups excluding carboxylic acids is 1. The summed E-state index contributed by atoms with van der Waals surface area (Å²) in [5.41, 5.74) is 1.05. The SMILES string of the molecule is Cc1ccc(C(O)CNC(=O)NCc2cccc3ccccc23)o1. The lowest BCUT2D eigenvalue weighted by Gasteiger charge is -2.12. The number of aliphatic hydroxyl groups excluding tert-OH is 1. The Morgan fingerprint density at radius 3 is 2.67 bits per heavy atom. The van der Waals surface area contributed by atoms with Crippen LogP contribution in [0.3, 0.4) is 0 Å². The smallest absolute Gasteiger partial charge is 0.315 e. The molecule has 0 saturated carbocycles. The van der Waals surface area contributed by atoms with Crippen LogP contribution in [0.15, 0.2) is 59.0 Å². The number of fused-ring (bicyclic) bond motifs is 1. The summed E-state index contributed by atoms with van der Waals surface area (Å²) in [7, 11) is 0. The van der Waals surface area contributed by atoms with Crippen molar-refractivity contribution in [3.63, 3.8) is 0 Å². The number of amides is 2. The van der Waals surface area contributed by atoms with Crippen molar-refractivity contribution in [2.24, 2.45) is 0 Å². The molecule has 3 rings (SSSR count). The van der Waals surface area contributed by atoms with Gasteiger partial charge < -0.3 is 20.2 Å². The maximum absolute atomic E-state index is 11.9. The van der Waals surface area contributed by atoms with E-state index in [4.69, 9.17) is 4.42 Å². The van der Waals surface area contributed by atoms with Gasteiger partial charge in [0, 0.05) is 6.54 Å². The van der Waals surface area contributed by atoms with Gasteiger partial charge in [0.05, 0.1) is 6.54 Å². The van der Waals surface area contributed by atoms with E-state index < -0.39 is 6.10 Å². The second-order valence-electron chi connectivity index (χ2n) is 5.67. The maximum atomic E-state index is 11.9. The van der Waals surface area contributed by atoms with Crippen molar-refractivity contribution >= 4 is 16.8 Å². The van der Waals surface area contributed by atoms with Crippen LogP contribution in [0, 0.1) is 6.92 Å². The standard InChI is InChI=1S/C19H20N2O3/c1-13-9-10-18(24-13)17(22)12-21-19(23)20-11-15-7-4-6-14-5-2-3-8-16(14)15/h2-10,17,22H,11-12H2,1H3,(H2,20,21,23). The molecule has 0 radical (unpaired) electrons. The molecule has 5 nitrogen and oxygen atoms in total. The first-order valence-electron chi connectivity index (χ1n) is 7.86. The minimum absolute atomic E-state index is 0.0916. The third-order valence-corrected chi connectivity index (χ3v) is 3.86. The van der Waals surface area contributed by atoms with Crippen molar-refractivity contribution < 1.29 is 14.3 Å². The molecule has 0 bridgehead atoms. The number of furan rings is 1. The molecule has 0 aliphatic rings. The predicted molar refractivity (Wildman–Crippen MR) is 92.6 cm³/mol. The lowest BCUT2D eigenvalue weighted by atomic mass is 10.0. The fraction of sp³-hybridized carbons (Fsp3) is 0.211. The average molecular weight is 324 g/mol. The van der Waals surface area contributed by atoms with E-state index in [1.165, 1.54) is 0 Å². The summed E-state index contributed by atoms with van der Waals surface area (Å²) in [4.78, 5) is 11.9. The van der Waals surface area contributed by atoms with E-state index in [0.29, 0.717) is 12.3 Å². The highest BCUT2D eigenvalue weighted by molar-refractivity contribution is 5.86. The summed E-state index contributed by atoms with van der Waals surface area (Å²) in [5, 5.41) is 17.7. The van der Waals surface area contributed by atoms with Crippen LogP contribution in [0.2, 0.25) is 0 Å². The summed E-state index contributed by atoms with van der Waals surface area (Å²) >= 11 is 0. The number of hydrogen-bond donors (Lipinski definition) is 3. The molecule has 24 heavy (non-hydrogen) atoms. The van der Waals surface area contributed by atoms with Gasteiger partial charge in [0.2, 0.25) is 0 Å². The van der Waals surface area contributed by atoms with Crippen LogP contribution < -0.4 is 10.6 Å².